The summed E-state index contributed by atoms with van der Waals surface area (Å²) in [5.74, 6) is 0.0620. The van der Waals surface area contributed by atoms with Crippen LogP contribution in [0.25, 0.3) is 0 Å². The van der Waals surface area contributed by atoms with Crippen molar-refractivity contribution in [3.63, 3.8) is 0 Å². The van der Waals surface area contributed by atoms with E-state index in [-0.39, 0.29) is 17.7 Å². The summed E-state index contributed by atoms with van der Waals surface area (Å²) in [7, 11) is 0. The number of rotatable bonds is 8. The number of carbonyl (C=O) groups is 1. The number of carbonyl (C=O) groups excluding carboxylic acids is 1. The van der Waals surface area contributed by atoms with Crippen LogP contribution in [0.15, 0.2) is 0 Å². The first kappa shape index (κ1) is 15.4. The molecule has 5 nitrogen and oxygen atoms in total. The molecule has 18 heavy (non-hydrogen) atoms. The van der Waals surface area contributed by atoms with Gasteiger partial charge in [-0.15, -0.1) is 0 Å². The lowest BCUT2D eigenvalue weighted by Gasteiger charge is -2.28. The molecule has 1 heterocycles. The van der Waals surface area contributed by atoms with Crippen molar-refractivity contribution in [3.8, 4) is 0 Å². The molecule has 1 fully saturated rings. The largest absolute Gasteiger partial charge is 0.351 e. The van der Waals surface area contributed by atoms with Crippen molar-refractivity contribution < 1.29 is 14.3 Å². The van der Waals surface area contributed by atoms with Gasteiger partial charge in [0.05, 0.1) is 12.1 Å². The van der Waals surface area contributed by atoms with E-state index in [2.05, 4.69) is 10.6 Å². The summed E-state index contributed by atoms with van der Waals surface area (Å²) in [5.41, 5.74) is -0.386. The third-order valence-corrected chi connectivity index (χ3v) is 3.42. The fourth-order valence-electron chi connectivity index (χ4n) is 2.35. The van der Waals surface area contributed by atoms with Gasteiger partial charge in [-0.05, 0) is 39.7 Å². The summed E-state index contributed by atoms with van der Waals surface area (Å²) in [6.45, 7) is 8.36. The summed E-state index contributed by atoms with van der Waals surface area (Å²) in [4.78, 5) is 12.2. The molecule has 106 valence electrons. The SMILES string of the molecule is CCOC(CNC(=O)C1(CC)CCCN1)OCC. The molecule has 0 aromatic heterocycles. The average Bonchev–Trinajstić information content (AvgIpc) is 2.86. The smallest absolute Gasteiger partial charge is 0.240 e. The number of nitrogens with one attached hydrogen (secondary N) is 2. The van der Waals surface area contributed by atoms with Crippen LogP contribution < -0.4 is 10.6 Å². The van der Waals surface area contributed by atoms with Crippen LogP contribution in [-0.2, 0) is 14.3 Å². The van der Waals surface area contributed by atoms with Crippen molar-refractivity contribution in [2.75, 3.05) is 26.3 Å². The van der Waals surface area contributed by atoms with Gasteiger partial charge in [0.25, 0.3) is 0 Å². The molecular weight excluding hydrogens is 232 g/mol. The van der Waals surface area contributed by atoms with Crippen LogP contribution in [-0.4, -0.2) is 44.0 Å². The fourth-order valence-corrected chi connectivity index (χ4v) is 2.35. The van der Waals surface area contributed by atoms with E-state index >= 15 is 0 Å². The highest BCUT2D eigenvalue weighted by Crippen LogP contribution is 2.22. The molecule has 1 saturated heterocycles. The van der Waals surface area contributed by atoms with Gasteiger partial charge in [-0.2, -0.15) is 0 Å². The molecule has 0 aromatic rings. The van der Waals surface area contributed by atoms with E-state index < -0.39 is 0 Å². The van der Waals surface area contributed by atoms with Gasteiger partial charge in [0.1, 0.15) is 0 Å². The summed E-state index contributed by atoms with van der Waals surface area (Å²) < 4.78 is 10.8. The van der Waals surface area contributed by atoms with Crippen molar-refractivity contribution in [3.05, 3.63) is 0 Å². The molecule has 0 saturated carbocycles. The molecule has 1 aliphatic rings. The van der Waals surface area contributed by atoms with E-state index in [9.17, 15) is 4.79 Å². The quantitative estimate of drug-likeness (QED) is 0.639. The highest BCUT2D eigenvalue weighted by atomic mass is 16.7. The molecule has 0 aromatic carbocycles. The maximum atomic E-state index is 12.2. The number of hydrogen-bond acceptors (Lipinski definition) is 4. The predicted molar refractivity (Wildman–Crippen MR) is 70.3 cm³/mol. The van der Waals surface area contributed by atoms with Crippen molar-refractivity contribution in [1.82, 2.24) is 10.6 Å². The van der Waals surface area contributed by atoms with Gasteiger partial charge in [0.15, 0.2) is 6.29 Å². The van der Waals surface area contributed by atoms with E-state index in [1.54, 1.807) is 0 Å². The average molecular weight is 258 g/mol. The lowest BCUT2D eigenvalue weighted by molar-refractivity contribution is -0.143. The molecule has 1 rings (SSSR count). The molecular formula is C13H26N2O3. The van der Waals surface area contributed by atoms with Gasteiger partial charge in [-0.3, -0.25) is 4.79 Å². The minimum absolute atomic E-state index is 0.0620. The Balaban J connectivity index is 2.42. The van der Waals surface area contributed by atoms with E-state index in [4.69, 9.17) is 9.47 Å². The summed E-state index contributed by atoms with van der Waals surface area (Å²) >= 11 is 0. The molecule has 1 atom stereocenters. The van der Waals surface area contributed by atoms with Crippen LogP contribution in [0.3, 0.4) is 0 Å². The summed E-state index contributed by atoms with van der Waals surface area (Å²) in [6.07, 6.45) is 2.43. The van der Waals surface area contributed by atoms with Crippen LogP contribution in [0.5, 0.6) is 0 Å². The zero-order valence-corrected chi connectivity index (χ0v) is 11.8. The van der Waals surface area contributed by atoms with Gasteiger partial charge in [-0.1, -0.05) is 6.92 Å². The number of ether oxygens (including phenoxy) is 2. The third-order valence-electron chi connectivity index (χ3n) is 3.42. The summed E-state index contributed by atoms with van der Waals surface area (Å²) in [6, 6.07) is 0. The minimum atomic E-state index is -0.386. The molecule has 1 amide bonds. The number of amides is 1. The van der Waals surface area contributed by atoms with Gasteiger partial charge >= 0.3 is 0 Å². The topological polar surface area (TPSA) is 59.6 Å². The lowest BCUT2D eigenvalue weighted by atomic mass is 9.93. The molecule has 1 unspecified atom stereocenters. The summed E-state index contributed by atoms with van der Waals surface area (Å²) in [5, 5.41) is 6.25. The maximum Gasteiger partial charge on any atom is 0.240 e. The van der Waals surface area contributed by atoms with Crippen LogP contribution >= 0.6 is 0 Å². The normalized spacial score (nSPS) is 23.6. The Kier molecular flexibility index (Phi) is 6.60. The first-order valence-corrected chi connectivity index (χ1v) is 6.95. The van der Waals surface area contributed by atoms with Gasteiger partial charge in [0.2, 0.25) is 5.91 Å². The molecule has 5 heteroatoms. The second-order valence-electron chi connectivity index (χ2n) is 4.52. The van der Waals surface area contributed by atoms with Crippen molar-refractivity contribution in [1.29, 1.82) is 0 Å². The first-order chi connectivity index (χ1) is 8.68. The van der Waals surface area contributed by atoms with Crippen molar-refractivity contribution >= 4 is 5.91 Å². The van der Waals surface area contributed by atoms with Crippen LogP contribution in [0.1, 0.15) is 40.0 Å². The lowest BCUT2D eigenvalue weighted by Crippen LogP contribution is -2.54. The first-order valence-electron chi connectivity index (χ1n) is 6.95. The van der Waals surface area contributed by atoms with Crippen LogP contribution in [0, 0.1) is 0 Å². The Morgan fingerprint density at radius 1 is 1.33 bits per heavy atom. The highest BCUT2D eigenvalue weighted by molar-refractivity contribution is 5.86. The maximum absolute atomic E-state index is 12.2. The zero-order valence-electron chi connectivity index (χ0n) is 11.8. The Labute approximate surface area is 110 Å². The van der Waals surface area contributed by atoms with E-state index in [0.717, 1.165) is 25.8 Å². The van der Waals surface area contributed by atoms with Gasteiger partial charge in [0, 0.05) is 13.2 Å². The van der Waals surface area contributed by atoms with E-state index in [0.29, 0.717) is 19.8 Å². The molecule has 0 aliphatic carbocycles. The zero-order chi connectivity index (χ0) is 13.4. The molecule has 1 aliphatic heterocycles. The van der Waals surface area contributed by atoms with Crippen LogP contribution in [0.4, 0.5) is 0 Å². The minimum Gasteiger partial charge on any atom is -0.351 e. The number of hydrogen-bond donors (Lipinski definition) is 2. The third kappa shape index (κ3) is 3.93. The highest BCUT2D eigenvalue weighted by Gasteiger charge is 2.39. The second-order valence-corrected chi connectivity index (χ2v) is 4.52. The van der Waals surface area contributed by atoms with Gasteiger partial charge < -0.3 is 20.1 Å². The van der Waals surface area contributed by atoms with E-state index in [1.807, 2.05) is 20.8 Å². The Morgan fingerprint density at radius 3 is 2.44 bits per heavy atom. The van der Waals surface area contributed by atoms with E-state index in [1.165, 1.54) is 0 Å². The van der Waals surface area contributed by atoms with Gasteiger partial charge in [-0.25, -0.2) is 0 Å². The molecule has 0 bridgehead atoms. The van der Waals surface area contributed by atoms with Crippen LogP contribution in [0.2, 0.25) is 0 Å². The Morgan fingerprint density at radius 2 is 2.00 bits per heavy atom. The fraction of sp³-hybridized carbons (Fsp3) is 0.923. The Hall–Kier alpha value is -0.650. The van der Waals surface area contributed by atoms with Crippen molar-refractivity contribution in [2.24, 2.45) is 0 Å². The molecule has 2 N–H and O–H groups in total. The molecule has 0 radical (unpaired) electrons. The second kappa shape index (κ2) is 7.71. The van der Waals surface area contributed by atoms with Crippen molar-refractivity contribution in [2.45, 2.75) is 51.9 Å². The predicted octanol–water partition coefficient (Wildman–Crippen LogP) is 1.03. The standard InChI is InChI=1S/C13H26N2O3/c1-4-13(8-7-9-15-13)12(16)14-10-11(17-5-2)18-6-3/h11,15H,4-10H2,1-3H3,(H,14,16). The monoisotopic (exact) mass is 258 g/mol. The molecule has 0 spiro atoms. The Bertz CT molecular complexity index is 247.